The fraction of sp³-hybridized carbons (Fsp3) is 0.286. The molecule has 1 aliphatic rings. The maximum atomic E-state index is 14.0. The van der Waals surface area contributed by atoms with Gasteiger partial charge in [0.25, 0.3) is 0 Å². The van der Waals surface area contributed by atoms with Crippen LogP contribution in [-0.4, -0.2) is 34.2 Å². The van der Waals surface area contributed by atoms with E-state index in [1.165, 1.54) is 23.5 Å². The molecule has 0 atom stereocenters. The molecule has 0 unspecified atom stereocenters. The number of nitrogens with one attached hydrogen (secondary N) is 1. The first kappa shape index (κ1) is 20.7. The minimum absolute atomic E-state index is 0.102. The Balaban J connectivity index is 1.31. The number of hydrogen-bond acceptors (Lipinski definition) is 4. The summed E-state index contributed by atoms with van der Waals surface area (Å²) in [5.74, 6) is -1.10. The molecule has 2 amide bonds. The van der Waals surface area contributed by atoms with Crippen molar-refractivity contribution in [2.45, 2.75) is 25.3 Å². The molecule has 30 heavy (non-hydrogen) atoms. The number of amides is 2. The SMILES string of the molecule is O=C(NCc1ccc(Cl)cc1)N1CCC(c2nnc(-c3ccc(F)cc3F)s2)CC1. The van der Waals surface area contributed by atoms with Crippen LogP contribution in [-0.2, 0) is 6.54 Å². The highest BCUT2D eigenvalue weighted by Gasteiger charge is 2.26. The van der Waals surface area contributed by atoms with Gasteiger partial charge in [-0.3, -0.25) is 0 Å². The lowest BCUT2D eigenvalue weighted by atomic mass is 9.98. The molecule has 0 bridgehead atoms. The summed E-state index contributed by atoms with van der Waals surface area (Å²) in [6, 6.07) is 10.7. The number of carbonyl (C=O) groups excluding carboxylic acids is 1. The highest BCUT2D eigenvalue weighted by Crippen LogP contribution is 2.34. The van der Waals surface area contributed by atoms with Crippen LogP contribution < -0.4 is 5.32 Å². The lowest BCUT2D eigenvalue weighted by molar-refractivity contribution is 0.181. The summed E-state index contributed by atoms with van der Waals surface area (Å²) < 4.78 is 27.1. The first-order valence-corrected chi connectivity index (χ1v) is 10.7. The second-order valence-electron chi connectivity index (χ2n) is 7.12. The van der Waals surface area contributed by atoms with Gasteiger partial charge in [0.2, 0.25) is 0 Å². The molecule has 1 N–H and O–H groups in total. The number of benzene rings is 2. The molecule has 1 saturated heterocycles. The van der Waals surface area contributed by atoms with Crippen LogP contribution in [0.25, 0.3) is 10.6 Å². The average molecular weight is 449 g/mol. The van der Waals surface area contributed by atoms with Gasteiger partial charge in [0.05, 0.1) is 0 Å². The first-order valence-electron chi connectivity index (χ1n) is 9.55. The monoisotopic (exact) mass is 448 g/mol. The number of rotatable bonds is 4. The van der Waals surface area contributed by atoms with Crippen LogP contribution in [0.15, 0.2) is 42.5 Å². The molecule has 1 aromatic heterocycles. The van der Waals surface area contributed by atoms with Crippen molar-refractivity contribution in [3.8, 4) is 10.6 Å². The van der Waals surface area contributed by atoms with E-state index in [2.05, 4.69) is 15.5 Å². The normalized spacial score (nSPS) is 14.7. The summed E-state index contributed by atoms with van der Waals surface area (Å²) in [6.45, 7) is 1.66. The van der Waals surface area contributed by atoms with Crippen molar-refractivity contribution < 1.29 is 13.6 Å². The maximum Gasteiger partial charge on any atom is 0.317 e. The fourth-order valence-corrected chi connectivity index (χ4v) is 4.56. The summed E-state index contributed by atoms with van der Waals surface area (Å²) in [4.78, 5) is 14.2. The largest absolute Gasteiger partial charge is 0.334 e. The molecular weight excluding hydrogens is 430 g/mol. The van der Waals surface area contributed by atoms with Crippen LogP contribution >= 0.6 is 22.9 Å². The van der Waals surface area contributed by atoms with E-state index in [4.69, 9.17) is 11.6 Å². The van der Waals surface area contributed by atoms with Gasteiger partial charge >= 0.3 is 6.03 Å². The van der Waals surface area contributed by atoms with Gasteiger partial charge in [0.15, 0.2) is 5.01 Å². The number of nitrogens with zero attached hydrogens (tertiary/aromatic N) is 3. The van der Waals surface area contributed by atoms with Crippen molar-refractivity contribution in [3.63, 3.8) is 0 Å². The van der Waals surface area contributed by atoms with Gasteiger partial charge in [0, 0.05) is 42.2 Å². The minimum atomic E-state index is -0.648. The molecular formula is C21H19ClF2N4OS. The number of piperidine rings is 1. The lowest BCUT2D eigenvalue weighted by Gasteiger charge is -2.31. The zero-order valence-corrected chi connectivity index (χ0v) is 17.5. The van der Waals surface area contributed by atoms with E-state index < -0.39 is 11.6 Å². The average Bonchev–Trinajstić information content (AvgIpc) is 3.23. The molecule has 1 aliphatic heterocycles. The summed E-state index contributed by atoms with van der Waals surface area (Å²) in [5, 5.41) is 13.1. The summed E-state index contributed by atoms with van der Waals surface area (Å²) >= 11 is 7.19. The van der Waals surface area contributed by atoms with E-state index in [9.17, 15) is 13.6 Å². The van der Waals surface area contributed by atoms with Crippen molar-refractivity contribution in [1.29, 1.82) is 0 Å². The van der Waals surface area contributed by atoms with Crippen LogP contribution in [0.5, 0.6) is 0 Å². The fourth-order valence-electron chi connectivity index (χ4n) is 3.39. The van der Waals surface area contributed by atoms with Gasteiger partial charge in [-0.05, 0) is 42.7 Å². The number of aromatic nitrogens is 2. The Kier molecular flexibility index (Phi) is 6.24. The molecule has 5 nitrogen and oxygen atoms in total. The molecule has 2 heterocycles. The number of likely N-dealkylation sites (tertiary alicyclic amines) is 1. The van der Waals surface area contributed by atoms with E-state index in [0.717, 1.165) is 29.5 Å². The third kappa shape index (κ3) is 4.76. The molecule has 1 fully saturated rings. The Morgan fingerprint density at radius 3 is 2.57 bits per heavy atom. The first-order chi connectivity index (χ1) is 14.5. The molecule has 0 aliphatic carbocycles. The quantitative estimate of drug-likeness (QED) is 0.594. The van der Waals surface area contributed by atoms with E-state index in [1.807, 2.05) is 12.1 Å². The molecule has 4 rings (SSSR count). The van der Waals surface area contributed by atoms with Crippen molar-refractivity contribution in [2.24, 2.45) is 0 Å². The van der Waals surface area contributed by atoms with Crippen molar-refractivity contribution in [3.05, 3.63) is 69.7 Å². The number of halogens is 3. The standard InChI is InChI=1S/C21H19ClF2N4OS/c22-15-3-1-13(2-4-15)12-25-21(29)28-9-7-14(8-10-28)19-26-27-20(30-19)17-6-5-16(23)11-18(17)24/h1-6,11,14H,7-10,12H2,(H,25,29). The summed E-state index contributed by atoms with van der Waals surface area (Å²) in [5.41, 5.74) is 1.23. The zero-order valence-electron chi connectivity index (χ0n) is 15.9. The van der Waals surface area contributed by atoms with Crippen LogP contribution in [0.3, 0.4) is 0 Å². The van der Waals surface area contributed by atoms with Gasteiger partial charge in [-0.25, -0.2) is 13.6 Å². The van der Waals surface area contributed by atoms with Crippen LogP contribution in [0.4, 0.5) is 13.6 Å². The zero-order chi connectivity index (χ0) is 21.1. The highest BCUT2D eigenvalue weighted by molar-refractivity contribution is 7.14. The molecule has 0 radical (unpaired) electrons. The topological polar surface area (TPSA) is 58.1 Å². The highest BCUT2D eigenvalue weighted by atomic mass is 35.5. The summed E-state index contributed by atoms with van der Waals surface area (Å²) in [7, 11) is 0. The van der Waals surface area contributed by atoms with Gasteiger partial charge in [0.1, 0.15) is 16.6 Å². The molecule has 0 saturated carbocycles. The Morgan fingerprint density at radius 2 is 1.87 bits per heavy atom. The second-order valence-corrected chi connectivity index (χ2v) is 8.56. The predicted octanol–water partition coefficient (Wildman–Crippen LogP) is 5.23. The Morgan fingerprint density at radius 1 is 1.13 bits per heavy atom. The van der Waals surface area contributed by atoms with E-state index in [1.54, 1.807) is 17.0 Å². The Bertz CT molecular complexity index is 1040. The minimum Gasteiger partial charge on any atom is -0.334 e. The molecule has 156 valence electrons. The summed E-state index contributed by atoms with van der Waals surface area (Å²) in [6.07, 6.45) is 1.52. The third-order valence-corrected chi connectivity index (χ3v) is 6.46. The smallest absolute Gasteiger partial charge is 0.317 e. The van der Waals surface area contributed by atoms with Crippen LogP contribution in [0.2, 0.25) is 5.02 Å². The lowest BCUT2D eigenvalue weighted by Crippen LogP contribution is -2.43. The van der Waals surface area contributed by atoms with Crippen molar-refractivity contribution in [1.82, 2.24) is 20.4 Å². The number of hydrogen-bond donors (Lipinski definition) is 1. The number of carbonyl (C=O) groups is 1. The Hall–Kier alpha value is -2.58. The van der Waals surface area contributed by atoms with Crippen molar-refractivity contribution in [2.75, 3.05) is 13.1 Å². The Labute approximate surface area is 181 Å². The third-order valence-electron chi connectivity index (χ3n) is 5.09. The molecule has 0 spiro atoms. The van der Waals surface area contributed by atoms with E-state index >= 15 is 0 Å². The van der Waals surface area contributed by atoms with Gasteiger partial charge in [-0.2, -0.15) is 0 Å². The van der Waals surface area contributed by atoms with Crippen LogP contribution in [0.1, 0.15) is 29.3 Å². The number of urea groups is 1. The predicted molar refractivity (Wildman–Crippen MR) is 112 cm³/mol. The second kappa shape index (κ2) is 9.06. The van der Waals surface area contributed by atoms with Crippen molar-refractivity contribution >= 4 is 29.0 Å². The maximum absolute atomic E-state index is 14.0. The van der Waals surface area contributed by atoms with E-state index in [-0.39, 0.29) is 17.5 Å². The molecule has 2 aromatic carbocycles. The van der Waals surface area contributed by atoms with Gasteiger partial charge < -0.3 is 10.2 Å². The van der Waals surface area contributed by atoms with Gasteiger partial charge in [-0.15, -0.1) is 10.2 Å². The molecule has 3 aromatic rings. The van der Waals surface area contributed by atoms with E-state index in [0.29, 0.717) is 29.7 Å². The van der Waals surface area contributed by atoms with Crippen LogP contribution in [0, 0.1) is 11.6 Å². The van der Waals surface area contributed by atoms with Gasteiger partial charge in [-0.1, -0.05) is 35.1 Å². The molecule has 9 heteroatoms.